The lowest BCUT2D eigenvalue weighted by molar-refractivity contribution is 0.0934. The Labute approximate surface area is 135 Å². The van der Waals surface area contributed by atoms with Crippen molar-refractivity contribution in [2.45, 2.75) is 40.3 Å². The van der Waals surface area contributed by atoms with Gasteiger partial charge in [-0.2, -0.15) is 5.10 Å². The Kier molecular flexibility index (Phi) is 3.94. The molecule has 1 amide bonds. The molecule has 0 aliphatic heterocycles. The Bertz CT molecular complexity index is 827. The molecule has 0 bridgehead atoms. The molecule has 0 aliphatic rings. The quantitative estimate of drug-likeness (QED) is 0.798. The zero-order valence-corrected chi connectivity index (χ0v) is 13.9. The van der Waals surface area contributed by atoms with E-state index in [0.29, 0.717) is 5.56 Å². The monoisotopic (exact) mass is 311 g/mol. The number of amides is 1. The summed E-state index contributed by atoms with van der Waals surface area (Å²) in [5.74, 6) is 0.630. The van der Waals surface area contributed by atoms with Crippen LogP contribution in [-0.2, 0) is 6.54 Å². The molecule has 1 unspecified atom stereocenters. The molecule has 1 aromatic carbocycles. The largest absolute Gasteiger partial charge is 0.459 e. The van der Waals surface area contributed by atoms with Crippen molar-refractivity contribution in [1.82, 2.24) is 15.1 Å². The number of nitrogens with one attached hydrogen (secondary N) is 1. The van der Waals surface area contributed by atoms with E-state index in [0.717, 1.165) is 34.7 Å². The Balaban J connectivity index is 1.83. The van der Waals surface area contributed by atoms with Gasteiger partial charge in [-0.25, -0.2) is 0 Å². The summed E-state index contributed by atoms with van der Waals surface area (Å²) in [6, 6.07) is 9.58. The number of aryl methyl sites for hydroxylation is 2. The molecule has 0 saturated heterocycles. The number of para-hydroxylation sites is 1. The molecule has 0 fully saturated rings. The van der Waals surface area contributed by atoms with Crippen LogP contribution in [0, 0.1) is 13.8 Å². The SMILES string of the molecule is CCn1nc(C)c(C(=O)NC(C)c2cc3ccccc3o2)c1C. The smallest absolute Gasteiger partial charge is 0.255 e. The minimum Gasteiger partial charge on any atom is -0.459 e. The highest BCUT2D eigenvalue weighted by molar-refractivity contribution is 5.96. The predicted octanol–water partition coefficient (Wildman–Crippen LogP) is 3.76. The van der Waals surface area contributed by atoms with Crippen molar-refractivity contribution < 1.29 is 9.21 Å². The first kappa shape index (κ1) is 15.3. The van der Waals surface area contributed by atoms with Gasteiger partial charge in [-0.3, -0.25) is 9.48 Å². The fraction of sp³-hybridized carbons (Fsp3) is 0.333. The Morgan fingerprint density at radius 2 is 2.09 bits per heavy atom. The van der Waals surface area contributed by atoms with Crippen molar-refractivity contribution >= 4 is 16.9 Å². The molecular formula is C18H21N3O2. The molecule has 120 valence electrons. The second-order valence-electron chi connectivity index (χ2n) is 5.74. The highest BCUT2D eigenvalue weighted by Crippen LogP contribution is 2.24. The van der Waals surface area contributed by atoms with Crippen molar-refractivity contribution in [3.63, 3.8) is 0 Å². The summed E-state index contributed by atoms with van der Waals surface area (Å²) in [4.78, 5) is 12.6. The highest BCUT2D eigenvalue weighted by atomic mass is 16.3. The van der Waals surface area contributed by atoms with E-state index >= 15 is 0 Å². The van der Waals surface area contributed by atoms with Crippen LogP contribution in [0.1, 0.15) is 47.4 Å². The van der Waals surface area contributed by atoms with E-state index in [2.05, 4.69) is 10.4 Å². The number of furan rings is 1. The van der Waals surface area contributed by atoms with Gasteiger partial charge in [0.1, 0.15) is 11.3 Å². The van der Waals surface area contributed by atoms with Crippen LogP contribution in [0.4, 0.5) is 0 Å². The van der Waals surface area contributed by atoms with Gasteiger partial charge >= 0.3 is 0 Å². The van der Waals surface area contributed by atoms with Crippen LogP contribution < -0.4 is 5.32 Å². The van der Waals surface area contributed by atoms with Gasteiger partial charge in [-0.15, -0.1) is 0 Å². The summed E-state index contributed by atoms with van der Waals surface area (Å²) in [5, 5.41) is 8.44. The van der Waals surface area contributed by atoms with Gasteiger partial charge in [0.15, 0.2) is 0 Å². The van der Waals surface area contributed by atoms with Gasteiger partial charge in [0.2, 0.25) is 0 Å². The Morgan fingerprint density at radius 1 is 1.35 bits per heavy atom. The first-order chi connectivity index (χ1) is 11.0. The molecule has 2 heterocycles. The lowest BCUT2D eigenvalue weighted by Gasteiger charge is -2.11. The number of fused-ring (bicyclic) bond motifs is 1. The second kappa shape index (κ2) is 5.91. The molecule has 5 nitrogen and oxygen atoms in total. The molecule has 0 spiro atoms. The van der Waals surface area contributed by atoms with E-state index in [4.69, 9.17) is 4.42 Å². The first-order valence-electron chi connectivity index (χ1n) is 7.84. The predicted molar refractivity (Wildman–Crippen MR) is 89.5 cm³/mol. The van der Waals surface area contributed by atoms with Gasteiger partial charge in [0.05, 0.1) is 17.3 Å². The molecule has 0 radical (unpaired) electrons. The number of carbonyl (C=O) groups is 1. The summed E-state index contributed by atoms with van der Waals surface area (Å²) in [7, 11) is 0. The van der Waals surface area contributed by atoms with Crippen LogP contribution in [0.25, 0.3) is 11.0 Å². The minimum absolute atomic E-state index is 0.118. The zero-order chi connectivity index (χ0) is 16.6. The fourth-order valence-electron chi connectivity index (χ4n) is 2.89. The topological polar surface area (TPSA) is 60.1 Å². The van der Waals surface area contributed by atoms with Crippen LogP contribution in [0.2, 0.25) is 0 Å². The molecule has 0 saturated carbocycles. The Morgan fingerprint density at radius 3 is 2.74 bits per heavy atom. The van der Waals surface area contributed by atoms with Gasteiger partial charge in [0.25, 0.3) is 5.91 Å². The summed E-state index contributed by atoms with van der Waals surface area (Å²) in [5.41, 5.74) is 3.11. The molecule has 1 N–H and O–H groups in total. The molecule has 3 rings (SSSR count). The van der Waals surface area contributed by atoms with Crippen LogP contribution in [0.15, 0.2) is 34.7 Å². The number of hydrogen-bond donors (Lipinski definition) is 1. The summed E-state index contributed by atoms with van der Waals surface area (Å²) in [6.45, 7) is 8.46. The van der Waals surface area contributed by atoms with Crippen molar-refractivity contribution in [3.05, 3.63) is 53.0 Å². The van der Waals surface area contributed by atoms with Crippen molar-refractivity contribution in [2.24, 2.45) is 0 Å². The van der Waals surface area contributed by atoms with E-state index in [1.54, 1.807) is 0 Å². The average Bonchev–Trinajstić information content (AvgIpc) is 3.08. The lowest BCUT2D eigenvalue weighted by atomic mass is 10.1. The Hall–Kier alpha value is -2.56. The maximum Gasteiger partial charge on any atom is 0.255 e. The molecule has 0 aliphatic carbocycles. The summed E-state index contributed by atoms with van der Waals surface area (Å²) < 4.78 is 7.66. The third kappa shape index (κ3) is 2.74. The van der Waals surface area contributed by atoms with E-state index in [-0.39, 0.29) is 11.9 Å². The standard InChI is InChI=1S/C18H21N3O2/c1-5-21-13(4)17(12(3)20-21)18(22)19-11(2)16-10-14-8-6-7-9-15(14)23-16/h6-11H,5H2,1-4H3,(H,19,22). The van der Waals surface area contributed by atoms with E-state index in [1.807, 2.05) is 62.7 Å². The van der Waals surface area contributed by atoms with Gasteiger partial charge in [0, 0.05) is 17.6 Å². The minimum atomic E-state index is -0.210. The fourth-order valence-corrected chi connectivity index (χ4v) is 2.89. The first-order valence-corrected chi connectivity index (χ1v) is 7.84. The number of rotatable bonds is 4. The maximum atomic E-state index is 12.6. The summed E-state index contributed by atoms with van der Waals surface area (Å²) >= 11 is 0. The molecule has 2 aromatic heterocycles. The van der Waals surface area contributed by atoms with E-state index < -0.39 is 0 Å². The molecule has 1 atom stereocenters. The number of carbonyl (C=O) groups excluding carboxylic acids is 1. The third-order valence-electron chi connectivity index (χ3n) is 4.13. The van der Waals surface area contributed by atoms with Gasteiger partial charge in [-0.05, 0) is 39.8 Å². The number of aromatic nitrogens is 2. The number of benzene rings is 1. The molecule has 23 heavy (non-hydrogen) atoms. The van der Waals surface area contributed by atoms with Gasteiger partial charge in [-0.1, -0.05) is 18.2 Å². The normalized spacial score (nSPS) is 12.5. The summed E-state index contributed by atoms with van der Waals surface area (Å²) in [6.07, 6.45) is 0. The van der Waals surface area contributed by atoms with Crippen LogP contribution in [0.3, 0.4) is 0 Å². The van der Waals surface area contributed by atoms with Crippen molar-refractivity contribution in [2.75, 3.05) is 0 Å². The lowest BCUT2D eigenvalue weighted by Crippen LogP contribution is -2.27. The molecule has 3 aromatic rings. The maximum absolute atomic E-state index is 12.6. The van der Waals surface area contributed by atoms with E-state index in [9.17, 15) is 4.79 Å². The zero-order valence-electron chi connectivity index (χ0n) is 13.9. The van der Waals surface area contributed by atoms with Crippen LogP contribution in [-0.4, -0.2) is 15.7 Å². The third-order valence-corrected chi connectivity index (χ3v) is 4.13. The van der Waals surface area contributed by atoms with Crippen LogP contribution in [0.5, 0.6) is 0 Å². The average molecular weight is 311 g/mol. The number of hydrogen-bond acceptors (Lipinski definition) is 3. The highest BCUT2D eigenvalue weighted by Gasteiger charge is 2.21. The van der Waals surface area contributed by atoms with Crippen molar-refractivity contribution in [3.8, 4) is 0 Å². The van der Waals surface area contributed by atoms with E-state index in [1.165, 1.54) is 0 Å². The number of nitrogens with zero attached hydrogens (tertiary/aromatic N) is 2. The van der Waals surface area contributed by atoms with Crippen LogP contribution >= 0.6 is 0 Å². The van der Waals surface area contributed by atoms with Gasteiger partial charge < -0.3 is 9.73 Å². The molecular weight excluding hydrogens is 290 g/mol. The van der Waals surface area contributed by atoms with Crippen molar-refractivity contribution in [1.29, 1.82) is 0 Å². The second-order valence-corrected chi connectivity index (χ2v) is 5.74. The molecule has 5 heteroatoms.